The van der Waals surface area contributed by atoms with Crippen LogP contribution in [0.2, 0.25) is 0 Å². The van der Waals surface area contributed by atoms with Gasteiger partial charge in [-0.15, -0.1) is 11.3 Å². The average Bonchev–Trinajstić information content (AvgIpc) is 3.27. The van der Waals surface area contributed by atoms with Crippen LogP contribution >= 0.6 is 11.3 Å². The molecule has 4 rings (SSSR count). The molecular weight excluding hydrogens is 402 g/mol. The molecule has 0 saturated heterocycles. The van der Waals surface area contributed by atoms with Crippen LogP contribution in [0.4, 0.5) is 5.69 Å². The topological polar surface area (TPSA) is 46.6 Å². The normalized spacial score (nSPS) is 16.5. The number of fused-ring (bicyclic) bond motifs is 1. The molecule has 6 heteroatoms. The molecular formula is C23H25NO3S2. The van der Waals surface area contributed by atoms with Crippen LogP contribution in [-0.4, -0.2) is 21.6 Å². The number of hydrogen-bond donors (Lipinski definition) is 0. The summed E-state index contributed by atoms with van der Waals surface area (Å²) in [6.45, 7) is 2.01. The van der Waals surface area contributed by atoms with Gasteiger partial charge >= 0.3 is 0 Å². The van der Waals surface area contributed by atoms with E-state index in [1.165, 1.54) is 11.3 Å². The van der Waals surface area contributed by atoms with Crippen LogP contribution in [-0.2, 0) is 22.9 Å². The number of thiophene rings is 1. The van der Waals surface area contributed by atoms with Crippen molar-refractivity contribution in [3.63, 3.8) is 0 Å². The van der Waals surface area contributed by atoms with E-state index in [1.807, 2.05) is 36.6 Å². The van der Waals surface area contributed by atoms with Crippen LogP contribution in [0, 0.1) is 6.92 Å². The molecule has 29 heavy (non-hydrogen) atoms. The molecule has 0 amide bonds. The molecule has 0 fully saturated rings. The van der Waals surface area contributed by atoms with Gasteiger partial charge in [-0.05, 0) is 72.9 Å². The Bertz CT molecular complexity index is 1090. The molecule has 1 unspecified atom stereocenters. The molecule has 1 atom stereocenters. The SMILES string of the molecule is COc1ccccc1CCC1CCc2ccc(C)cc2N1S(=O)(=O)c1cccs1. The number of anilines is 1. The van der Waals surface area contributed by atoms with E-state index in [0.717, 1.165) is 53.8 Å². The third-order valence-corrected chi connectivity index (χ3v) is 8.74. The summed E-state index contributed by atoms with van der Waals surface area (Å²) in [5.41, 5.74) is 4.11. The number of methoxy groups -OCH3 is 1. The summed E-state index contributed by atoms with van der Waals surface area (Å²) in [6.07, 6.45) is 3.23. The Kier molecular flexibility index (Phi) is 5.65. The van der Waals surface area contributed by atoms with Crippen LogP contribution in [0.3, 0.4) is 0 Å². The second-order valence-electron chi connectivity index (χ2n) is 7.41. The van der Waals surface area contributed by atoms with Crippen LogP contribution in [0.25, 0.3) is 0 Å². The van der Waals surface area contributed by atoms with Crippen molar-refractivity contribution in [1.82, 2.24) is 0 Å². The number of para-hydroxylation sites is 1. The highest BCUT2D eigenvalue weighted by atomic mass is 32.2. The lowest BCUT2D eigenvalue weighted by Crippen LogP contribution is -2.43. The van der Waals surface area contributed by atoms with Gasteiger partial charge in [0.1, 0.15) is 9.96 Å². The highest BCUT2D eigenvalue weighted by molar-refractivity contribution is 7.94. The molecule has 0 aliphatic carbocycles. The third kappa shape index (κ3) is 3.91. The molecule has 4 nitrogen and oxygen atoms in total. The number of rotatable bonds is 6. The fourth-order valence-electron chi connectivity index (χ4n) is 4.05. The van der Waals surface area contributed by atoms with Gasteiger partial charge in [0, 0.05) is 6.04 Å². The Morgan fingerprint density at radius 2 is 1.97 bits per heavy atom. The van der Waals surface area contributed by atoms with Gasteiger partial charge in [-0.3, -0.25) is 4.31 Å². The zero-order valence-electron chi connectivity index (χ0n) is 16.7. The Labute approximate surface area is 176 Å². The van der Waals surface area contributed by atoms with Crippen molar-refractivity contribution in [2.24, 2.45) is 0 Å². The quantitative estimate of drug-likeness (QED) is 0.543. The van der Waals surface area contributed by atoms with E-state index in [1.54, 1.807) is 23.5 Å². The second kappa shape index (κ2) is 8.20. The predicted molar refractivity (Wildman–Crippen MR) is 119 cm³/mol. The van der Waals surface area contributed by atoms with Crippen LogP contribution in [0.15, 0.2) is 64.2 Å². The molecule has 0 saturated carbocycles. The van der Waals surface area contributed by atoms with Crippen LogP contribution in [0.1, 0.15) is 29.5 Å². The van der Waals surface area contributed by atoms with Gasteiger partial charge in [0.05, 0.1) is 12.8 Å². The van der Waals surface area contributed by atoms with E-state index in [-0.39, 0.29) is 6.04 Å². The third-order valence-electron chi connectivity index (χ3n) is 5.50. The molecule has 2 heterocycles. The fraction of sp³-hybridized carbons (Fsp3) is 0.304. The first-order valence-corrected chi connectivity index (χ1v) is 12.1. The summed E-state index contributed by atoms with van der Waals surface area (Å²) in [5, 5.41) is 1.82. The maximum Gasteiger partial charge on any atom is 0.274 e. The number of benzene rings is 2. The van der Waals surface area contributed by atoms with Crippen molar-refractivity contribution in [2.75, 3.05) is 11.4 Å². The van der Waals surface area contributed by atoms with Crippen LogP contribution < -0.4 is 9.04 Å². The lowest BCUT2D eigenvalue weighted by molar-refractivity contribution is 0.407. The fourth-order valence-corrected chi connectivity index (χ4v) is 6.87. The number of aryl methyl sites for hydroxylation is 3. The summed E-state index contributed by atoms with van der Waals surface area (Å²) in [6, 6.07) is 17.5. The van der Waals surface area contributed by atoms with Crippen molar-refractivity contribution < 1.29 is 13.2 Å². The average molecular weight is 428 g/mol. The first kappa shape index (κ1) is 20.0. The molecule has 1 aliphatic heterocycles. The lowest BCUT2D eigenvalue weighted by Gasteiger charge is -2.38. The standard InChI is InChI=1S/C23H25NO3S2/c1-17-9-10-18-11-13-20(14-12-19-6-3-4-7-22(19)27-2)24(21(18)16-17)29(25,26)23-8-5-15-28-23/h3-10,15-16,20H,11-14H2,1-2H3. The smallest absolute Gasteiger partial charge is 0.274 e. The summed E-state index contributed by atoms with van der Waals surface area (Å²) in [7, 11) is -1.92. The highest BCUT2D eigenvalue weighted by Gasteiger charge is 2.36. The molecule has 152 valence electrons. The Balaban J connectivity index is 1.71. The summed E-state index contributed by atoms with van der Waals surface area (Å²) in [5.74, 6) is 0.854. The predicted octanol–water partition coefficient (Wildman–Crippen LogP) is 5.21. The largest absolute Gasteiger partial charge is 0.496 e. The number of ether oxygens (including phenoxy) is 1. The number of nitrogens with zero attached hydrogens (tertiary/aromatic N) is 1. The van der Waals surface area contributed by atoms with E-state index in [0.29, 0.717) is 4.21 Å². The van der Waals surface area contributed by atoms with Gasteiger partial charge < -0.3 is 4.74 Å². The van der Waals surface area contributed by atoms with Crippen molar-refractivity contribution in [3.8, 4) is 5.75 Å². The number of hydrogen-bond acceptors (Lipinski definition) is 4. The van der Waals surface area contributed by atoms with Gasteiger partial charge in [-0.25, -0.2) is 8.42 Å². The Morgan fingerprint density at radius 3 is 2.72 bits per heavy atom. The lowest BCUT2D eigenvalue weighted by atomic mass is 9.93. The highest BCUT2D eigenvalue weighted by Crippen LogP contribution is 2.38. The van der Waals surface area contributed by atoms with Gasteiger partial charge in [0.2, 0.25) is 0 Å². The minimum Gasteiger partial charge on any atom is -0.496 e. The zero-order valence-corrected chi connectivity index (χ0v) is 18.3. The van der Waals surface area contributed by atoms with Crippen molar-refractivity contribution in [1.29, 1.82) is 0 Å². The Morgan fingerprint density at radius 1 is 1.14 bits per heavy atom. The van der Waals surface area contributed by atoms with Gasteiger partial charge in [-0.2, -0.15) is 0 Å². The van der Waals surface area contributed by atoms with Gasteiger partial charge in [-0.1, -0.05) is 36.4 Å². The minimum absolute atomic E-state index is 0.0821. The minimum atomic E-state index is -3.60. The van der Waals surface area contributed by atoms with Gasteiger partial charge in [0.25, 0.3) is 10.0 Å². The molecule has 2 aromatic carbocycles. The molecule has 0 bridgehead atoms. The summed E-state index contributed by atoms with van der Waals surface area (Å²) in [4.78, 5) is 0. The first-order valence-electron chi connectivity index (χ1n) is 9.80. The molecule has 0 N–H and O–H groups in total. The summed E-state index contributed by atoms with van der Waals surface area (Å²) >= 11 is 1.28. The summed E-state index contributed by atoms with van der Waals surface area (Å²) < 4.78 is 34.7. The van der Waals surface area contributed by atoms with E-state index < -0.39 is 10.0 Å². The zero-order chi connectivity index (χ0) is 20.4. The molecule has 1 aromatic heterocycles. The number of sulfonamides is 1. The Hall–Kier alpha value is -2.31. The van der Waals surface area contributed by atoms with Crippen molar-refractivity contribution in [2.45, 2.75) is 42.9 Å². The van der Waals surface area contributed by atoms with E-state index in [2.05, 4.69) is 18.2 Å². The van der Waals surface area contributed by atoms with Crippen molar-refractivity contribution >= 4 is 27.0 Å². The molecule has 0 radical (unpaired) electrons. The maximum atomic E-state index is 13.6. The van der Waals surface area contributed by atoms with E-state index >= 15 is 0 Å². The second-order valence-corrected chi connectivity index (χ2v) is 10.4. The van der Waals surface area contributed by atoms with Gasteiger partial charge in [0.15, 0.2) is 0 Å². The van der Waals surface area contributed by atoms with Crippen molar-refractivity contribution in [3.05, 3.63) is 76.7 Å². The first-order chi connectivity index (χ1) is 14.0. The molecule has 0 spiro atoms. The van der Waals surface area contributed by atoms with Crippen LogP contribution in [0.5, 0.6) is 5.75 Å². The maximum absolute atomic E-state index is 13.6. The van der Waals surface area contributed by atoms with E-state index in [9.17, 15) is 8.42 Å². The molecule has 1 aliphatic rings. The molecule has 3 aromatic rings. The monoisotopic (exact) mass is 427 g/mol. The van der Waals surface area contributed by atoms with E-state index in [4.69, 9.17) is 4.74 Å².